The number of para-hydroxylation sites is 1. The van der Waals surface area contributed by atoms with Crippen molar-refractivity contribution in [1.29, 1.82) is 0 Å². The average molecular weight is 431 g/mol. The molecule has 5 nitrogen and oxygen atoms in total. The zero-order valence-corrected chi connectivity index (χ0v) is 17.6. The molecule has 1 saturated heterocycles. The van der Waals surface area contributed by atoms with Gasteiger partial charge in [0.15, 0.2) is 0 Å². The molecule has 7 heteroatoms. The fraction of sp³-hybridized carbons (Fsp3) is 0.364. The molecule has 1 fully saturated rings. The van der Waals surface area contributed by atoms with Gasteiger partial charge >= 0.3 is 0 Å². The number of fused-ring (bicyclic) bond motifs is 1. The Kier molecular flexibility index (Phi) is 6.43. The topological polar surface area (TPSA) is 49.9 Å². The number of anilines is 1. The molecule has 2 aromatic carbocycles. The van der Waals surface area contributed by atoms with E-state index in [1.165, 1.54) is 0 Å². The van der Waals surface area contributed by atoms with Gasteiger partial charge in [-0.3, -0.25) is 9.59 Å². The Morgan fingerprint density at radius 3 is 2.62 bits per heavy atom. The summed E-state index contributed by atoms with van der Waals surface area (Å²) in [5.41, 5.74) is 1.96. The van der Waals surface area contributed by atoms with Crippen molar-refractivity contribution >= 4 is 40.9 Å². The van der Waals surface area contributed by atoms with Gasteiger partial charge in [-0.1, -0.05) is 35.9 Å². The number of morpholine rings is 1. The van der Waals surface area contributed by atoms with Gasteiger partial charge in [0, 0.05) is 41.6 Å². The van der Waals surface area contributed by atoms with Crippen molar-refractivity contribution < 1.29 is 14.3 Å². The van der Waals surface area contributed by atoms with Crippen LogP contribution in [-0.4, -0.2) is 48.7 Å². The second-order valence-corrected chi connectivity index (χ2v) is 8.69. The van der Waals surface area contributed by atoms with E-state index in [0.717, 1.165) is 21.9 Å². The van der Waals surface area contributed by atoms with E-state index in [-0.39, 0.29) is 30.8 Å². The van der Waals surface area contributed by atoms with Gasteiger partial charge in [0.25, 0.3) is 0 Å². The first-order valence-electron chi connectivity index (χ1n) is 9.79. The first-order chi connectivity index (χ1) is 14.1. The van der Waals surface area contributed by atoms with Gasteiger partial charge in [-0.15, -0.1) is 11.8 Å². The summed E-state index contributed by atoms with van der Waals surface area (Å²) in [6.45, 7) is 2.23. The van der Waals surface area contributed by atoms with E-state index in [2.05, 4.69) is 0 Å². The Balaban J connectivity index is 1.34. The highest BCUT2D eigenvalue weighted by Gasteiger charge is 2.27. The average Bonchev–Trinajstić information content (AvgIpc) is 2.77. The van der Waals surface area contributed by atoms with Gasteiger partial charge < -0.3 is 14.5 Å². The fourth-order valence-electron chi connectivity index (χ4n) is 3.69. The predicted molar refractivity (Wildman–Crippen MR) is 115 cm³/mol. The standard InChI is InChI=1S/C22H23ClN2O3S/c23-17-7-5-16(6-8-17)19-15-24(11-13-28-19)21(26)9-10-22(27)25-12-14-29-20-4-2-1-3-18(20)25/h1-8,19H,9-15H2. The number of halogens is 1. The molecule has 0 saturated carbocycles. The van der Waals surface area contributed by atoms with E-state index in [1.54, 1.807) is 16.7 Å². The van der Waals surface area contributed by atoms with Crippen molar-refractivity contribution in [2.75, 3.05) is 36.9 Å². The number of amides is 2. The first-order valence-corrected chi connectivity index (χ1v) is 11.2. The summed E-state index contributed by atoms with van der Waals surface area (Å²) >= 11 is 7.72. The molecule has 0 spiro atoms. The highest BCUT2D eigenvalue weighted by molar-refractivity contribution is 7.99. The molecule has 0 bridgehead atoms. The smallest absolute Gasteiger partial charge is 0.227 e. The van der Waals surface area contributed by atoms with Gasteiger partial charge in [0.05, 0.1) is 18.8 Å². The van der Waals surface area contributed by atoms with Crippen LogP contribution in [0.4, 0.5) is 5.69 Å². The number of thioether (sulfide) groups is 1. The van der Waals surface area contributed by atoms with E-state index < -0.39 is 0 Å². The molecule has 0 radical (unpaired) electrons. The lowest BCUT2D eigenvalue weighted by molar-refractivity contribution is -0.140. The lowest BCUT2D eigenvalue weighted by atomic mass is 10.1. The summed E-state index contributed by atoms with van der Waals surface area (Å²) in [6, 6.07) is 15.4. The lowest BCUT2D eigenvalue weighted by Gasteiger charge is -2.33. The number of ether oxygens (including phenoxy) is 1. The molecule has 1 unspecified atom stereocenters. The third-order valence-corrected chi connectivity index (χ3v) is 6.54. The largest absolute Gasteiger partial charge is 0.370 e. The molecule has 4 rings (SSSR count). The van der Waals surface area contributed by atoms with Crippen molar-refractivity contribution in [2.45, 2.75) is 23.8 Å². The minimum atomic E-state index is -0.160. The van der Waals surface area contributed by atoms with Gasteiger partial charge in [-0.2, -0.15) is 0 Å². The fourth-order valence-corrected chi connectivity index (χ4v) is 4.81. The maximum atomic E-state index is 12.8. The van der Waals surface area contributed by atoms with Crippen molar-refractivity contribution in [2.24, 2.45) is 0 Å². The maximum Gasteiger partial charge on any atom is 0.227 e. The molecular weight excluding hydrogens is 408 g/mol. The number of hydrogen-bond donors (Lipinski definition) is 0. The number of benzene rings is 2. The van der Waals surface area contributed by atoms with Crippen LogP contribution in [0.3, 0.4) is 0 Å². The zero-order chi connectivity index (χ0) is 20.2. The number of rotatable bonds is 4. The van der Waals surface area contributed by atoms with E-state index in [4.69, 9.17) is 16.3 Å². The van der Waals surface area contributed by atoms with Crippen LogP contribution < -0.4 is 4.90 Å². The highest BCUT2D eigenvalue weighted by Crippen LogP contribution is 2.34. The third kappa shape index (κ3) is 4.77. The van der Waals surface area contributed by atoms with Crippen molar-refractivity contribution in [3.8, 4) is 0 Å². The Bertz CT molecular complexity index is 890. The monoisotopic (exact) mass is 430 g/mol. The van der Waals surface area contributed by atoms with Crippen LogP contribution >= 0.6 is 23.4 Å². The Labute approximate surface area is 180 Å². The number of hydrogen-bond acceptors (Lipinski definition) is 4. The third-order valence-electron chi connectivity index (χ3n) is 5.24. The van der Waals surface area contributed by atoms with Crippen LogP contribution in [0.1, 0.15) is 24.5 Å². The van der Waals surface area contributed by atoms with Gasteiger partial charge in [-0.25, -0.2) is 0 Å². The van der Waals surface area contributed by atoms with Gasteiger partial charge in [0.2, 0.25) is 11.8 Å². The van der Waals surface area contributed by atoms with Crippen LogP contribution in [0.5, 0.6) is 0 Å². The molecule has 2 aliphatic heterocycles. The molecule has 2 amide bonds. The maximum absolute atomic E-state index is 12.8. The number of carbonyl (C=O) groups excluding carboxylic acids is 2. The number of carbonyl (C=O) groups is 2. The Morgan fingerprint density at radius 1 is 1.03 bits per heavy atom. The summed E-state index contributed by atoms with van der Waals surface area (Å²) in [5, 5.41) is 0.675. The highest BCUT2D eigenvalue weighted by atomic mass is 35.5. The summed E-state index contributed by atoms with van der Waals surface area (Å²) < 4.78 is 5.83. The molecule has 2 aromatic rings. The first kappa shape index (κ1) is 20.3. The minimum Gasteiger partial charge on any atom is -0.370 e. The zero-order valence-electron chi connectivity index (χ0n) is 16.1. The van der Waals surface area contributed by atoms with Crippen molar-refractivity contribution in [1.82, 2.24) is 4.90 Å². The van der Waals surface area contributed by atoms with Gasteiger partial charge in [-0.05, 0) is 29.8 Å². The molecule has 0 N–H and O–H groups in total. The van der Waals surface area contributed by atoms with E-state index >= 15 is 0 Å². The quantitative estimate of drug-likeness (QED) is 0.730. The Hall–Kier alpha value is -2.02. The minimum absolute atomic E-state index is 0.000262. The van der Waals surface area contributed by atoms with Gasteiger partial charge in [0.1, 0.15) is 6.10 Å². The molecular formula is C22H23ClN2O3S. The second-order valence-electron chi connectivity index (χ2n) is 7.11. The van der Waals surface area contributed by atoms with Crippen molar-refractivity contribution in [3.63, 3.8) is 0 Å². The number of nitrogens with zero attached hydrogens (tertiary/aromatic N) is 2. The summed E-state index contributed by atoms with van der Waals surface area (Å²) in [7, 11) is 0. The molecule has 2 heterocycles. The molecule has 1 atom stereocenters. The van der Waals surface area contributed by atoms with Crippen LogP contribution in [-0.2, 0) is 14.3 Å². The summed E-state index contributed by atoms with van der Waals surface area (Å²) in [6.07, 6.45) is 0.283. The molecule has 0 aromatic heterocycles. The second kappa shape index (κ2) is 9.20. The van der Waals surface area contributed by atoms with Crippen LogP contribution in [0, 0.1) is 0 Å². The molecule has 2 aliphatic rings. The normalized spacial score (nSPS) is 19.0. The predicted octanol–water partition coefficient (Wildman–Crippen LogP) is 4.16. The summed E-state index contributed by atoms with van der Waals surface area (Å²) in [4.78, 5) is 30.2. The summed E-state index contributed by atoms with van der Waals surface area (Å²) in [5.74, 6) is 0.886. The molecule has 29 heavy (non-hydrogen) atoms. The van der Waals surface area contributed by atoms with E-state index in [1.807, 2.05) is 53.4 Å². The SMILES string of the molecule is O=C(CCC(=O)N1CCSc2ccccc21)N1CCOC(c2ccc(Cl)cc2)C1. The van der Waals surface area contributed by atoms with Crippen LogP contribution in [0.2, 0.25) is 5.02 Å². The molecule has 152 valence electrons. The Morgan fingerprint density at radius 2 is 1.79 bits per heavy atom. The molecule has 0 aliphatic carbocycles. The van der Waals surface area contributed by atoms with E-state index in [0.29, 0.717) is 31.3 Å². The van der Waals surface area contributed by atoms with Crippen molar-refractivity contribution in [3.05, 3.63) is 59.1 Å². The lowest BCUT2D eigenvalue weighted by Crippen LogP contribution is -2.43. The van der Waals surface area contributed by atoms with E-state index in [9.17, 15) is 9.59 Å². The van der Waals surface area contributed by atoms with Crippen LogP contribution in [0.25, 0.3) is 0 Å². The van der Waals surface area contributed by atoms with Crippen LogP contribution in [0.15, 0.2) is 53.4 Å².